The lowest BCUT2D eigenvalue weighted by molar-refractivity contribution is -0.274. The van der Waals surface area contributed by atoms with Crippen LogP contribution < -0.4 is 10.1 Å². The number of carbonyl (C=O) groups is 3. The van der Waals surface area contributed by atoms with Gasteiger partial charge in [-0.05, 0) is 47.4 Å². The second-order valence-corrected chi connectivity index (χ2v) is 9.05. The predicted octanol–water partition coefficient (Wildman–Crippen LogP) is 5.90. The van der Waals surface area contributed by atoms with Crippen LogP contribution in [0.4, 0.5) is 13.2 Å². The summed E-state index contributed by atoms with van der Waals surface area (Å²) in [6, 6.07) is 20.2. The molecule has 7 nitrogen and oxygen atoms in total. The summed E-state index contributed by atoms with van der Waals surface area (Å²) in [5.41, 5.74) is 2.99. The van der Waals surface area contributed by atoms with Gasteiger partial charge in [0.2, 0.25) is 0 Å². The number of hydrogen-bond donors (Lipinski definition) is 1. The molecule has 0 aliphatic rings. The van der Waals surface area contributed by atoms with Crippen molar-refractivity contribution in [2.75, 3.05) is 13.2 Å². The van der Waals surface area contributed by atoms with Crippen molar-refractivity contribution in [3.8, 4) is 16.9 Å². The Balaban J connectivity index is 1.63. The molecule has 4 aromatic rings. The van der Waals surface area contributed by atoms with Gasteiger partial charge >= 0.3 is 12.3 Å². The predicted molar refractivity (Wildman–Crippen MR) is 143 cm³/mol. The Hall–Kier alpha value is -4.60. The summed E-state index contributed by atoms with van der Waals surface area (Å²) < 4.78 is 48.4. The Labute approximate surface area is 228 Å². The molecule has 0 atom stereocenters. The average Bonchev–Trinajstić information content (AvgIpc) is 3.29. The number of aromatic nitrogens is 1. The highest BCUT2D eigenvalue weighted by Crippen LogP contribution is 2.31. The molecule has 0 bridgehead atoms. The van der Waals surface area contributed by atoms with E-state index in [0.29, 0.717) is 35.0 Å². The molecule has 0 unspecified atom stereocenters. The first-order chi connectivity index (χ1) is 19.1. The first kappa shape index (κ1) is 28.4. The van der Waals surface area contributed by atoms with Crippen molar-refractivity contribution in [2.24, 2.45) is 0 Å². The van der Waals surface area contributed by atoms with E-state index in [9.17, 15) is 27.6 Å². The smallest absolute Gasteiger partial charge is 0.464 e. The Morgan fingerprint density at radius 3 is 2.30 bits per heavy atom. The number of benzene rings is 3. The summed E-state index contributed by atoms with van der Waals surface area (Å²) in [6.45, 7) is 2.18. The van der Waals surface area contributed by atoms with E-state index in [2.05, 4.69) is 10.1 Å². The molecule has 1 amide bonds. The number of carbonyl (C=O) groups excluding carboxylic acids is 3. The number of fused-ring (bicyclic) bond motifs is 1. The third-order valence-corrected chi connectivity index (χ3v) is 6.10. The maximum Gasteiger partial charge on any atom is 0.573 e. The van der Waals surface area contributed by atoms with Gasteiger partial charge in [0.15, 0.2) is 0 Å². The summed E-state index contributed by atoms with van der Waals surface area (Å²) >= 11 is 0. The standard InChI is InChI=1S/C30H27F3N2O5/c1-2-3-15-39-27(36)17-34-29(38)28(37)25-19-35(18-20-7-5-4-6-8-20)26-14-11-22(16-24(25)26)21-9-12-23(13-10-21)40-30(31,32)33/h4-14,16,19H,2-3,15,17-18H2,1H3,(H,34,38). The minimum absolute atomic E-state index is 0.127. The molecule has 10 heteroatoms. The van der Waals surface area contributed by atoms with E-state index in [-0.39, 0.29) is 17.9 Å². The van der Waals surface area contributed by atoms with E-state index < -0.39 is 30.6 Å². The van der Waals surface area contributed by atoms with Crippen LogP contribution in [0.2, 0.25) is 0 Å². The number of nitrogens with zero attached hydrogens (tertiary/aromatic N) is 1. The Kier molecular flexibility index (Phi) is 8.88. The molecule has 3 aromatic carbocycles. The van der Waals surface area contributed by atoms with Gasteiger partial charge in [-0.1, -0.05) is 61.9 Å². The number of Topliss-reactive ketones (excluding diaryl/α,β-unsaturated/α-hetero) is 1. The second kappa shape index (κ2) is 12.5. The molecular formula is C30H27F3N2O5. The van der Waals surface area contributed by atoms with Crippen molar-refractivity contribution in [3.63, 3.8) is 0 Å². The number of ketones is 1. The lowest BCUT2D eigenvalue weighted by atomic mass is 10.0. The molecule has 1 heterocycles. The van der Waals surface area contributed by atoms with Gasteiger partial charge in [0, 0.05) is 23.6 Å². The van der Waals surface area contributed by atoms with Crippen molar-refractivity contribution in [1.82, 2.24) is 9.88 Å². The number of esters is 1. The molecule has 208 valence electrons. The molecule has 40 heavy (non-hydrogen) atoms. The van der Waals surface area contributed by atoms with Crippen LogP contribution in [-0.2, 0) is 20.9 Å². The summed E-state index contributed by atoms with van der Waals surface area (Å²) in [6.07, 6.45) is -1.67. The zero-order valence-corrected chi connectivity index (χ0v) is 21.7. The van der Waals surface area contributed by atoms with Crippen LogP contribution in [0.1, 0.15) is 35.7 Å². The number of alkyl halides is 3. The number of rotatable bonds is 11. The van der Waals surface area contributed by atoms with Gasteiger partial charge in [-0.3, -0.25) is 14.4 Å². The van der Waals surface area contributed by atoms with Gasteiger partial charge in [0.1, 0.15) is 12.3 Å². The van der Waals surface area contributed by atoms with Gasteiger partial charge in [-0.15, -0.1) is 13.2 Å². The molecule has 0 spiro atoms. The maximum absolute atomic E-state index is 13.2. The zero-order chi connectivity index (χ0) is 28.7. The van der Waals surface area contributed by atoms with Gasteiger partial charge in [-0.25, -0.2) is 0 Å². The summed E-state index contributed by atoms with van der Waals surface area (Å²) in [5.74, 6) is -2.78. The second-order valence-electron chi connectivity index (χ2n) is 9.05. The van der Waals surface area contributed by atoms with Crippen LogP contribution >= 0.6 is 0 Å². The van der Waals surface area contributed by atoms with Crippen molar-refractivity contribution in [3.05, 3.63) is 90.1 Å². The normalized spacial score (nSPS) is 11.3. The molecule has 0 radical (unpaired) electrons. The molecule has 0 saturated carbocycles. The Morgan fingerprint density at radius 1 is 0.925 bits per heavy atom. The van der Waals surface area contributed by atoms with Crippen molar-refractivity contribution >= 4 is 28.6 Å². The van der Waals surface area contributed by atoms with Crippen molar-refractivity contribution < 1.29 is 37.0 Å². The maximum atomic E-state index is 13.2. The van der Waals surface area contributed by atoms with E-state index in [1.165, 1.54) is 24.3 Å². The number of nitrogens with one attached hydrogen (secondary N) is 1. The fraction of sp³-hybridized carbons (Fsp3) is 0.233. The molecule has 0 saturated heterocycles. The highest BCUT2D eigenvalue weighted by molar-refractivity contribution is 6.45. The van der Waals surface area contributed by atoms with Crippen LogP contribution in [0, 0.1) is 0 Å². The van der Waals surface area contributed by atoms with Crippen LogP contribution in [0.15, 0.2) is 79.0 Å². The minimum Gasteiger partial charge on any atom is -0.464 e. The van der Waals surface area contributed by atoms with Crippen LogP contribution in [0.25, 0.3) is 22.0 Å². The molecule has 4 rings (SSSR count). The van der Waals surface area contributed by atoms with Gasteiger partial charge in [-0.2, -0.15) is 0 Å². The fourth-order valence-corrected chi connectivity index (χ4v) is 4.15. The Bertz CT molecular complexity index is 1500. The van der Waals surface area contributed by atoms with Crippen LogP contribution in [0.5, 0.6) is 5.75 Å². The molecular weight excluding hydrogens is 525 g/mol. The number of hydrogen-bond acceptors (Lipinski definition) is 5. The molecule has 0 aliphatic carbocycles. The lowest BCUT2D eigenvalue weighted by Crippen LogP contribution is -2.35. The van der Waals surface area contributed by atoms with E-state index in [4.69, 9.17) is 4.74 Å². The molecule has 1 aromatic heterocycles. The summed E-state index contributed by atoms with van der Waals surface area (Å²) in [4.78, 5) is 37.8. The Morgan fingerprint density at radius 2 is 1.62 bits per heavy atom. The largest absolute Gasteiger partial charge is 0.573 e. The van der Waals surface area contributed by atoms with E-state index in [0.717, 1.165) is 12.0 Å². The number of halogens is 3. The minimum atomic E-state index is -4.80. The molecule has 0 aliphatic heterocycles. The highest BCUT2D eigenvalue weighted by Gasteiger charge is 2.31. The highest BCUT2D eigenvalue weighted by atomic mass is 19.4. The van der Waals surface area contributed by atoms with E-state index in [1.54, 1.807) is 24.4 Å². The third kappa shape index (κ3) is 7.28. The third-order valence-electron chi connectivity index (χ3n) is 6.10. The first-order valence-electron chi connectivity index (χ1n) is 12.7. The molecule has 0 fully saturated rings. The first-order valence-corrected chi connectivity index (χ1v) is 12.7. The van der Waals surface area contributed by atoms with Gasteiger partial charge < -0.3 is 19.4 Å². The number of amides is 1. The zero-order valence-electron chi connectivity index (χ0n) is 21.7. The van der Waals surface area contributed by atoms with Crippen LogP contribution in [-0.4, -0.2) is 41.7 Å². The molecule has 1 N–H and O–H groups in total. The quantitative estimate of drug-likeness (QED) is 0.108. The van der Waals surface area contributed by atoms with Crippen LogP contribution in [0.3, 0.4) is 0 Å². The van der Waals surface area contributed by atoms with Gasteiger partial charge in [0.05, 0.1) is 12.2 Å². The average molecular weight is 553 g/mol. The summed E-state index contributed by atoms with van der Waals surface area (Å²) in [5, 5.41) is 2.81. The summed E-state index contributed by atoms with van der Waals surface area (Å²) in [7, 11) is 0. The lowest BCUT2D eigenvalue weighted by Gasteiger charge is -2.10. The fourth-order valence-electron chi connectivity index (χ4n) is 4.15. The number of ether oxygens (including phenoxy) is 2. The topological polar surface area (TPSA) is 86.6 Å². The van der Waals surface area contributed by atoms with E-state index in [1.807, 2.05) is 41.8 Å². The number of unbranched alkanes of at least 4 members (excludes halogenated alkanes) is 1. The van der Waals surface area contributed by atoms with E-state index >= 15 is 0 Å². The van der Waals surface area contributed by atoms with Crippen molar-refractivity contribution in [2.45, 2.75) is 32.7 Å². The van der Waals surface area contributed by atoms with Crippen molar-refractivity contribution in [1.29, 1.82) is 0 Å². The van der Waals surface area contributed by atoms with Gasteiger partial charge in [0.25, 0.3) is 11.7 Å². The monoisotopic (exact) mass is 552 g/mol. The SMILES string of the molecule is CCCCOC(=O)CNC(=O)C(=O)c1cn(Cc2ccccc2)c2ccc(-c3ccc(OC(F)(F)F)cc3)cc12.